The van der Waals surface area contributed by atoms with Gasteiger partial charge in [0.15, 0.2) is 0 Å². The van der Waals surface area contributed by atoms with E-state index in [4.69, 9.17) is 17.0 Å². The van der Waals surface area contributed by atoms with Crippen LogP contribution in [0, 0.1) is 6.07 Å². The molecule has 1 aliphatic heterocycles. The van der Waals surface area contributed by atoms with Crippen molar-refractivity contribution in [1.82, 2.24) is 0 Å². The van der Waals surface area contributed by atoms with Crippen molar-refractivity contribution in [2.45, 2.75) is 79.1 Å². The molecular formula is C66H61Cl2SiZr-3. The Bertz CT molecular complexity index is 3020. The van der Waals surface area contributed by atoms with Crippen molar-refractivity contribution in [2.75, 3.05) is 0 Å². The Morgan fingerprint density at radius 3 is 1.29 bits per heavy atom. The SMILES string of the molecule is CCCc1cc2c(-c3ccccc3-c3ccccc3)c(CCC)ccc2[cH-]1.CCCc1cc2c(-c3ccccc3-c3ccccc3)c(CCC)ccc2[cH-]1.[Cl][Zr][Cl].[c-]1cccc2c1[Si]c1ccccc1-2. The molecule has 0 fully saturated rings. The van der Waals surface area contributed by atoms with Crippen LogP contribution in [0.5, 0.6) is 0 Å². The molecule has 0 saturated carbocycles. The average molecular weight is 1040 g/mol. The predicted octanol–water partition coefficient (Wildman–Crippen LogP) is 18.1. The molecule has 70 heavy (non-hydrogen) atoms. The Kier molecular flexibility index (Phi) is 18.7. The molecule has 4 heteroatoms. The molecule has 0 unspecified atom stereocenters. The van der Waals surface area contributed by atoms with E-state index < -0.39 is 20.8 Å². The van der Waals surface area contributed by atoms with Gasteiger partial charge in [0.05, 0.1) is 9.52 Å². The van der Waals surface area contributed by atoms with E-state index in [1.54, 1.807) is 0 Å². The average Bonchev–Trinajstić information content (AvgIpc) is 4.13. The minimum absolute atomic E-state index is 0.795. The quantitative estimate of drug-likeness (QED) is 0.0845. The van der Waals surface area contributed by atoms with Gasteiger partial charge in [0.25, 0.3) is 0 Å². The Morgan fingerprint density at radius 2 is 0.829 bits per heavy atom. The van der Waals surface area contributed by atoms with Gasteiger partial charge < -0.3 is 0 Å². The maximum Gasteiger partial charge on any atom is 0.0920 e. The Labute approximate surface area is 439 Å². The second kappa shape index (κ2) is 25.7. The van der Waals surface area contributed by atoms with Crippen LogP contribution in [-0.4, -0.2) is 9.52 Å². The molecule has 0 spiro atoms. The van der Waals surface area contributed by atoms with Gasteiger partial charge in [0, 0.05) is 0 Å². The van der Waals surface area contributed by atoms with E-state index in [-0.39, 0.29) is 0 Å². The van der Waals surface area contributed by atoms with Gasteiger partial charge in [-0.1, -0.05) is 220 Å². The molecule has 10 aromatic rings. The summed E-state index contributed by atoms with van der Waals surface area (Å²) >= 11 is -0.826. The molecule has 0 bridgehead atoms. The molecular weight excluding hydrogens is 983 g/mol. The van der Waals surface area contributed by atoms with Crippen LogP contribution in [0.4, 0.5) is 0 Å². The molecule has 0 N–H and O–H groups in total. The summed E-state index contributed by atoms with van der Waals surface area (Å²) in [5, 5.41) is 8.39. The maximum atomic E-state index is 4.93. The van der Waals surface area contributed by atoms with Crippen LogP contribution in [0.15, 0.2) is 200 Å². The minimum atomic E-state index is -0.826. The van der Waals surface area contributed by atoms with Crippen molar-refractivity contribution < 1.29 is 20.8 Å². The molecule has 350 valence electrons. The second-order valence-electron chi connectivity index (χ2n) is 18.0. The van der Waals surface area contributed by atoms with Gasteiger partial charge in [-0.2, -0.15) is 41.6 Å². The molecule has 0 atom stereocenters. The summed E-state index contributed by atoms with van der Waals surface area (Å²) in [6.45, 7) is 9.05. The predicted molar refractivity (Wildman–Crippen MR) is 304 cm³/mol. The summed E-state index contributed by atoms with van der Waals surface area (Å²) in [6.07, 6.45) is 9.23. The fourth-order valence-electron chi connectivity index (χ4n) is 10.1. The van der Waals surface area contributed by atoms with E-state index in [0.717, 1.165) is 48.0 Å². The topological polar surface area (TPSA) is 0 Å². The van der Waals surface area contributed by atoms with Crippen molar-refractivity contribution >= 4 is 58.5 Å². The monoisotopic (exact) mass is 1040 g/mol. The minimum Gasteiger partial charge on any atom is -0.184 e. The largest absolute Gasteiger partial charge is 0.184 e. The normalized spacial score (nSPS) is 11.1. The van der Waals surface area contributed by atoms with Crippen LogP contribution >= 0.6 is 17.0 Å². The summed E-state index contributed by atoms with van der Waals surface area (Å²) in [7, 11) is 10.7. The van der Waals surface area contributed by atoms with Crippen LogP contribution in [-0.2, 0) is 46.5 Å². The van der Waals surface area contributed by atoms with Gasteiger partial charge in [0.2, 0.25) is 0 Å². The third-order valence-corrected chi connectivity index (χ3v) is 14.5. The first-order chi connectivity index (χ1) is 34.5. The number of fused-ring (bicyclic) bond motifs is 5. The van der Waals surface area contributed by atoms with Gasteiger partial charge in [-0.3, -0.25) is 0 Å². The van der Waals surface area contributed by atoms with Crippen LogP contribution in [0.3, 0.4) is 0 Å². The van der Waals surface area contributed by atoms with E-state index in [1.165, 1.54) is 123 Å². The summed E-state index contributed by atoms with van der Waals surface area (Å²) in [5.74, 6) is 0. The first-order valence-electron chi connectivity index (χ1n) is 25.0. The van der Waals surface area contributed by atoms with Gasteiger partial charge in [-0.15, -0.1) is 74.6 Å². The van der Waals surface area contributed by atoms with E-state index in [9.17, 15) is 0 Å². The third-order valence-electron chi connectivity index (χ3n) is 13.1. The van der Waals surface area contributed by atoms with Crippen LogP contribution in [0.2, 0.25) is 0 Å². The molecule has 10 aromatic carbocycles. The van der Waals surface area contributed by atoms with Crippen molar-refractivity contribution in [3.8, 4) is 55.6 Å². The fourth-order valence-corrected chi connectivity index (χ4v) is 11.4. The Morgan fingerprint density at radius 1 is 0.429 bits per heavy atom. The standard InChI is InChI=1S/2C27H27.C12H7Si.2ClH.Zr/c2*1-3-10-20-18-23-17-16-22(11-4-2)27(26(23)19-20)25-15-9-8-14-24(25)21-12-6-5-7-13-21;1-3-7-11-9(5-1)10-6-2-4-8-12(10)13-11;;;/h2*5-9,12-19H,3-4,10-11H2,1-2H3;1-7H;2*1H;/q3*-1;;;+2/p-2. The zero-order valence-electron chi connectivity index (χ0n) is 41.0. The Balaban J connectivity index is 0.000000144. The van der Waals surface area contributed by atoms with Crippen LogP contribution in [0.1, 0.15) is 75.6 Å². The zero-order valence-corrected chi connectivity index (χ0v) is 45.9. The molecule has 0 aliphatic carbocycles. The van der Waals surface area contributed by atoms with Crippen molar-refractivity contribution in [2.24, 2.45) is 0 Å². The number of benzene rings is 8. The first kappa shape index (κ1) is 51.0. The molecule has 0 aromatic heterocycles. The van der Waals surface area contributed by atoms with Crippen molar-refractivity contribution in [3.05, 3.63) is 229 Å². The summed E-state index contributed by atoms with van der Waals surface area (Å²) in [5.41, 5.74) is 19.4. The molecule has 1 aliphatic rings. The first-order valence-corrected chi connectivity index (χ1v) is 32.4. The van der Waals surface area contributed by atoms with Crippen molar-refractivity contribution in [1.29, 1.82) is 0 Å². The van der Waals surface area contributed by atoms with Gasteiger partial charge in [-0.25, -0.2) is 0 Å². The third kappa shape index (κ3) is 12.0. The number of hydrogen-bond donors (Lipinski definition) is 0. The van der Waals surface area contributed by atoms with Crippen LogP contribution < -0.4 is 10.4 Å². The number of hydrogen-bond acceptors (Lipinski definition) is 0. The number of rotatable bonds is 12. The summed E-state index contributed by atoms with van der Waals surface area (Å²) < 4.78 is 0. The van der Waals surface area contributed by atoms with E-state index in [2.05, 4.69) is 228 Å². The second-order valence-corrected chi connectivity index (χ2v) is 23.0. The molecule has 0 saturated heterocycles. The van der Waals surface area contributed by atoms with E-state index in [0.29, 0.717) is 0 Å². The molecule has 2 radical (unpaired) electrons. The maximum absolute atomic E-state index is 4.93. The molecule has 11 rings (SSSR count). The number of halogens is 2. The molecule has 0 amide bonds. The van der Waals surface area contributed by atoms with Gasteiger partial charge in [-0.05, 0) is 59.1 Å². The van der Waals surface area contributed by atoms with Crippen molar-refractivity contribution in [3.63, 3.8) is 0 Å². The summed E-state index contributed by atoms with van der Waals surface area (Å²) in [4.78, 5) is 0. The summed E-state index contributed by atoms with van der Waals surface area (Å²) in [6, 6.07) is 76.4. The smallest absolute Gasteiger partial charge is 0.0920 e. The van der Waals surface area contributed by atoms with Gasteiger partial charge in [0.1, 0.15) is 0 Å². The molecule has 1 heterocycles. The number of aryl methyl sites for hydroxylation is 4. The van der Waals surface area contributed by atoms with E-state index >= 15 is 0 Å². The zero-order chi connectivity index (χ0) is 48.7. The fraction of sp³-hybridized carbons (Fsp3) is 0.182. The van der Waals surface area contributed by atoms with Crippen LogP contribution in [0.25, 0.3) is 77.2 Å². The Hall–Kier alpha value is -5.34. The van der Waals surface area contributed by atoms with E-state index in [1.807, 2.05) is 6.07 Å². The molecule has 0 nitrogen and oxygen atoms in total. The van der Waals surface area contributed by atoms with Gasteiger partial charge >= 0.3 is 37.9 Å².